The van der Waals surface area contributed by atoms with Crippen LogP contribution in [-0.4, -0.2) is 49.6 Å². The fraction of sp³-hybridized carbons (Fsp3) is 0.462. The molecule has 0 aliphatic carbocycles. The Labute approximate surface area is 117 Å². The second-order valence-corrected chi connectivity index (χ2v) is 4.69. The molecule has 7 nitrogen and oxygen atoms in total. The van der Waals surface area contributed by atoms with Gasteiger partial charge in [-0.25, -0.2) is 0 Å². The minimum absolute atomic E-state index is 0.0749. The number of methoxy groups -OCH3 is 1. The van der Waals surface area contributed by atoms with Crippen molar-refractivity contribution in [2.75, 3.05) is 33.1 Å². The zero-order valence-corrected chi connectivity index (χ0v) is 12.0. The number of carbonyl (C=O) groups is 1. The smallest absolute Gasteiger partial charge is 0.293 e. The van der Waals surface area contributed by atoms with Gasteiger partial charge in [0, 0.05) is 38.9 Å². The summed E-state index contributed by atoms with van der Waals surface area (Å²) >= 11 is 0. The molecule has 20 heavy (non-hydrogen) atoms. The van der Waals surface area contributed by atoms with Crippen LogP contribution in [0.2, 0.25) is 0 Å². The molecule has 1 amide bonds. The summed E-state index contributed by atoms with van der Waals surface area (Å²) in [7, 11) is 4.76. The fourth-order valence-corrected chi connectivity index (χ4v) is 1.75. The van der Waals surface area contributed by atoms with Gasteiger partial charge in [0.2, 0.25) is 0 Å². The Morgan fingerprint density at radius 2 is 2.15 bits per heavy atom. The molecule has 0 aromatic heterocycles. The van der Waals surface area contributed by atoms with E-state index in [9.17, 15) is 14.9 Å². The molecule has 1 atom stereocenters. The van der Waals surface area contributed by atoms with E-state index in [2.05, 4.69) is 5.32 Å². The van der Waals surface area contributed by atoms with Crippen molar-refractivity contribution >= 4 is 17.3 Å². The van der Waals surface area contributed by atoms with Crippen molar-refractivity contribution in [3.8, 4) is 0 Å². The summed E-state index contributed by atoms with van der Waals surface area (Å²) in [4.78, 5) is 23.8. The molecule has 0 bridgehead atoms. The van der Waals surface area contributed by atoms with Gasteiger partial charge in [0.05, 0.1) is 11.5 Å². The minimum Gasteiger partial charge on any atom is -0.383 e. The molecule has 1 aromatic rings. The highest BCUT2D eigenvalue weighted by Crippen LogP contribution is 2.26. The van der Waals surface area contributed by atoms with Crippen molar-refractivity contribution in [1.29, 1.82) is 0 Å². The van der Waals surface area contributed by atoms with E-state index in [0.717, 1.165) is 0 Å². The SMILES string of the molecule is COCC(C)Nc1ccc(C(=O)N(C)C)cc1[N+](=O)[O-]. The molecule has 110 valence electrons. The molecule has 1 unspecified atom stereocenters. The van der Waals surface area contributed by atoms with Gasteiger partial charge >= 0.3 is 0 Å². The maximum atomic E-state index is 11.8. The van der Waals surface area contributed by atoms with Gasteiger partial charge in [-0.05, 0) is 19.1 Å². The van der Waals surface area contributed by atoms with Crippen molar-refractivity contribution in [3.63, 3.8) is 0 Å². The van der Waals surface area contributed by atoms with Crippen LogP contribution in [0.5, 0.6) is 0 Å². The first-order valence-corrected chi connectivity index (χ1v) is 6.12. The quantitative estimate of drug-likeness (QED) is 0.634. The summed E-state index contributed by atoms with van der Waals surface area (Å²) in [6.07, 6.45) is 0. The predicted molar refractivity (Wildman–Crippen MR) is 76.1 cm³/mol. The van der Waals surface area contributed by atoms with Crippen LogP contribution in [0.4, 0.5) is 11.4 Å². The molecule has 0 heterocycles. The van der Waals surface area contributed by atoms with Gasteiger partial charge in [-0.1, -0.05) is 0 Å². The molecule has 0 aliphatic heterocycles. The van der Waals surface area contributed by atoms with Gasteiger partial charge in [0.15, 0.2) is 0 Å². The number of ether oxygens (including phenoxy) is 1. The van der Waals surface area contributed by atoms with E-state index in [1.807, 2.05) is 6.92 Å². The van der Waals surface area contributed by atoms with Gasteiger partial charge in [-0.3, -0.25) is 14.9 Å². The molecular weight excluding hydrogens is 262 g/mol. The Morgan fingerprint density at radius 3 is 2.65 bits per heavy atom. The fourth-order valence-electron chi connectivity index (χ4n) is 1.75. The first-order valence-electron chi connectivity index (χ1n) is 6.12. The van der Waals surface area contributed by atoms with Crippen molar-refractivity contribution in [1.82, 2.24) is 4.90 Å². The summed E-state index contributed by atoms with van der Waals surface area (Å²) in [5.74, 6) is -0.274. The Balaban J connectivity index is 3.08. The number of anilines is 1. The van der Waals surface area contributed by atoms with Crippen LogP contribution in [-0.2, 0) is 4.74 Å². The van der Waals surface area contributed by atoms with Gasteiger partial charge in [-0.15, -0.1) is 0 Å². The summed E-state index contributed by atoms with van der Waals surface area (Å²) in [6, 6.07) is 4.32. The Morgan fingerprint density at radius 1 is 1.50 bits per heavy atom. The first-order chi connectivity index (χ1) is 9.36. The van der Waals surface area contributed by atoms with Crippen molar-refractivity contribution in [2.45, 2.75) is 13.0 Å². The second kappa shape index (κ2) is 6.85. The standard InChI is InChI=1S/C13H19N3O4/c1-9(8-20-4)14-11-6-5-10(13(17)15(2)3)7-12(11)16(18)19/h5-7,9,14H,8H2,1-4H3. The van der Waals surface area contributed by atoms with E-state index in [4.69, 9.17) is 4.74 Å². The van der Waals surface area contributed by atoms with Gasteiger partial charge in [0.25, 0.3) is 11.6 Å². The van der Waals surface area contributed by atoms with Crippen LogP contribution in [0.3, 0.4) is 0 Å². The number of nitro benzene ring substituents is 1. The van der Waals surface area contributed by atoms with Crippen LogP contribution < -0.4 is 5.32 Å². The van der Waals surface area contributed by atoms with E-state index in [1.165, 1.54) is 11.0 Å². The van der Waals surface area contributed by atoms with Crippen LogP contribution in [0.15, 0.2) is 18.2 Å². The summed E-state index contributed by atoms with van der Waals surface area (Å²) < 4.78 is 4.98. The van der Waals surface area contributed by atoms with Crippen LogP contribution in [0.25, 0.3) is 0 Å². The topological polar surface area (TPSA) is 84.7 Å². The molecule has 0 spiro atoms. The summed E-state index contributed by atoms with van der Waals surface area (Å²) in [6.45, 7) is 2.28. The number of amides is 1. The van der Waals surface area contributed by atoms with Crippen molar-refractivity contribution < 1.29 is 14.5 Å². The zero-order valence-electron chi connectivity index (χ0n) is 12.0. The third-order valence-corrected chi connectivity index (χ3v) is 2.67. The lowest BCUT2D eigenvalue weighted by Gasteiger charge is -2.15. The lowest BCUT2D eigenvalue weighted by Crippen LogP contribution is -2.23. The molecule has 1 N–H and O–H groups in total. The largest absolute Gasteiger partial charge is 0.383 e. The monoisotopic (exact) mass is 281 g/mol. The Hall–Kier alpha value is -2.15. The molecule has 0 saturated heterocycles. The van der Waals surface area contributed by atoms with Crippen molar-refractivity contribution in [3.05, 3.63) is 33.9 Å². The Bertz CT molecular complexity index is 502. The van der Waals surface area contributed by atoms with Crippen molar-refractivity contribution in [2.24, 2.45) is 0 Å². The maximum Gasteiger partial charge on any atom is 0.293 e. The van der Waals surface area contributed by atoms with E-state index in [-0.39, 0.29) is 23.2 Å². The molecule has 1 aromatic carbocycles. The molecule has 0 saturated carbocycles. The van der Waals surface area contributed by atoms with Gasteiger partial charge in [0.1, 0.15) is 5.69 Å². The third kappa shape index (κ3) is 3.92. The lowest BCUT2D eigenvalue weighted by atomic mass is 10.1. The highest BCUT2D eigenvalue weighted by Gasteiger charge is 2.19. The lowest BCUT2D eigenvalue weighted by molar-refractivity contribution is -0.384. The zero-order chi connectivity index (χ0) is 15.3. The average molecular weight is 281 g/mol. The van der Waals surface area contributed by atoms with E-state index in [0.29, 0.717) is 12.3 Å². The maximum absolute atomic E-state index is 11.8. The minimum atomic E-state index is -0.506. The van der Waals surface area contributed by atoms with Gasteiger partial charge in [-0.2, -0.15) is 0 Å². The second-order valence-electron chi connectivity index (χ2n) is 4.69. The van der Waals surface area contributed by atoms with Crippen LogP contribution in [0, 0.1) is 10.1 Å². The molecule has 7 heteroatoms. The molecular formula is C13H19N3O4. The summed E-state index contributed by atoms with van der Waals surface area (Å²) in [5.41, 5.74) is 0.530. The average Bonchev–Trinajstić information content (AvgIpc) is 2.38. The van der Waals surface area contributed by atoms with E-state index < -0.39 is 4.92 Å². The number of benzene rings is 1. The molecule has 0 aliphatic rings. The highest BCUT2D eigenvalue weighted by molar-refractivity contribution is 5.95. The number of nitrogens with zero attached hydrogens (tertiary/aromatic N) is 2. The third-order valence-electron chi connectivity index (χ3n) is 2.67. The van der Waals surface area contributed by atoms with Crippen LogP contribution in [0.1, 0.15) is 17.3 Å². The molecule has 0 radical (unpaired) electrons. The number of nitrogens with one attached hydrogen (secondary N) is 1. The number of hydrogen-bond acceptors (Lipinski definition) is 5. The number of carbonyl (C=O) groups excluding carboxylic acids is 1. The van der Waals surface area contributed by atoms with Crippen LogP contribution >= 0.6 is 0 Å². The summed E-state index contributed by atoms with van der Waals surface area (Å²) in [5, 5.41) is 14.1. The van der Waals surface area contributed by atoms with E-state index in [1.54, 1.807) is 33.3 Å². The first kappa shape index (κ1) is 15.9. The normalized spacial score (nSPS) is 11.8. The number of nitro groups is 1. The molecule has 1 rings (SSSR count). The number of rotatable bonds is 6. The predicted octanol–water partition coefficient (Wildman–Crippen LogP) is 1.74. The van der Waals surface area contributed by atoms with E-state index >= 15 is 0 Å². The number of hydrogen-bond donors (Lipinski definition) is 1. The van der Waals surface area contributed by atoms with Gasteiger partial charge < -0.3 is 15.0 Å². The Kier molecular flexibility index (Phi) is 5.45. The molecule has 0 fully saturated rings. The highest BCUT2D eigenvalue weighted by atomic mass is 16.6.